The second kappa shape index (κ2) is 10.6. The molecule has 36 heavy (non-hydrogen) atoms. The van der Waals surface area contributed by atoms with E-state index in [9.17, 15) is 14.0 Å². The van der Waals surface area contributed by atoms with Gasteiger partial charge < -0.3 is 15.5 Å². The number of carbonyl (C=O) groups excluding carboxylic acids is 2. The van der Waals surface area contributed by atoms with Gasteiger partial charge in [-0.25, -0.2) is 9.37 Å². The highest BCUT2D eigenvalue weighted by molar-refractivity contribution is 5.94. The first-order valence-electron chi connectivity index (χ1n) is 12.2. The van der Waals surface area contributed by atoms with Crippen molar-refractivity contribution in [3.8, 4) is 11.8 Å². The highest BCUT2D eigenvalue weighted by Gasteiger charge is 2.39. The molecule has 9 heteroatoms. The minimum absolute atomic E-state index is 0.0394. The molecule has 2 fully saturated rings. The predicted octanol–water partition coefficient (Wildman–Crippen LogP) is 2.56. The summed E-state index contributed by atoms with van der Waals surface area (Å²) in [7, 11) is 0. The maximum absolute atomic E-state index is 13.3. The highest BCUT2D eigenvalue weighted by atomic mass is 19.1. The Balaban J connectivity index is 1.39. The predicted molar refractivity (Wildman–Crippen MR) is 133 cm³/mol. The number of aryl methyl sites for hydroxylation is 1. The number of nitrogens with one attached hydrogen (secondary N) is 3. The number of carbonyl (C=O) groups is 2. The number of aromatic amines is 1. The summed E-state index contributed by atoms with van der Waals surface area (Å²) in [4.78, 5) is 31.9. The fourth-order valence-electron chi connectivity index (χ4n) is 4.79. The second-order valence-corrected chi connectivity index (χ2v) is 9.12. The molecule has 2 aliphatic heterocycles. The molecule has 3 aromatic rings. The van der Waals surface area contributed by atoms with Crippen molar-refractivity contribution < 1.29 is 14.0 Å². The van der Waals surface area contributed by atoms with Crippen LogP contribution in [0.3, 0.4) is 0 Å². The average Bonchev–Trinajstić information content (AvgIpc) is 3.50. The Morgan fingerprint density at radius 1 is 1.17 bits per heavy atom. The van der Waals surface area contributed by atoms with E-state index in [0.717, 1.165) is 31.2 Å². The molecule has 1 aromatic carbocycles. The molecule has 0 aliphatic carbocycles. The molecular weight excluding hydrogens is 459 g/mol. The lowest BCUT2D eigenvalue weighted by Gasteiger charge is -2.29. The van der Waals surface area contributed by atoms with E-state index < -0.39 is 0 Å². The van der Waals surface area contributed by atoms with E-state index in [1.54, 1.807) is 30.6 Å². The van der Waals surface area contributed by atoms with Gasteiger partial charge in [-0.2, -0.15) is 5.10 Å². The van der Waals surface area contributed by atoms with Gasteiger partial charge in [0.2, 0.25) is 5.91 Å². The minimum atomic E-state index is -0.326. The second-order valence-electron chi connectivity index (χ2n) is 9.12. The lowest BCUT2D eigenvalue weighted by Crippen LogP contribution is -2.39. The molecule has 0 spiro atoms. The van der Waals surface area contributed by atoms with Crippen LogP contribution in [0.25, 0.3) is 0 Å². The number of aromatic nitrogens is 3. The van der Waals surface area contributed by atoms with Gasteiger partial charge in [0.15, 0.2) is 0 Å². The number of pyridine rings is 1. The zero-order chi connectivity index (χ0) is 24.9. The fraction of sp³-hybridized carbons (Fsp3) is 0.333. The molecule has 5 rings (SSSR count). The highest BCUT2D eigenvalue weighted by Crippen LogP contribution is 2.34. The third-order valence-corrected chi connectivity index (χ3v) is 6.62. The van der Waals surface area contributed by atoms with Crippen molar-refractivity contribution >= 4 is 17.6 Å². The van der Waals surface area contributed by atoms with E-state index in [-0.39, 0.29) is 29.7 Å². The van der Waals surface area contributed by atoms with Crippen molar-refractivity contribution in [2.75, 3.05) is 18.0 Å². The number of halogens is 1. The number of hydrogen-bond acceptors (Lipinski definition) is 5. The van der Waals surface area contributed by atoms with Crippen LogP contribution < -0.4 is 15.5 Å². The molecule has 0 saturated carbocycles. The van der Waals surface area contributed by atoms with Gasteiger partial charge in [-0.05, 0) is 61.6 Å². The topological polar surface area (TPSA) is 103 Å². The molecule has 2 aromatic heterocycles. The van der Waals surface area contributed by atoms with Crippen molar-refractivity contribution in [1.29, 1.82) is 0 Å². The van der Waals surface area contributed by atoms with Crippen molar-refractivity contribution in [2.24, 2.45) is 0 Å². The summed E-state index contributed by atoms with van der Waals surface area (Å²) >= 11 is 0. The number of fused-ring (bicyclic) bond motifs is 2. The van der Waals surface area contributed by atoms with E-state index in [4.69, 9.17) is 0 Å². The summed E-state index contributed by atoms with van der Waals surface area (Å²) in [6, 6.07) is 7.88. The summed E-state index contributed by atoms with van der Waals surface area (Å²) < 4.78 is 13.3. The number of rotatable bonds is 6. The molecule has 2 bridgehead atoms. The number of nitrogens with zero attached hydrogens (tertiary/aromatic N) is 3. The summed E-state index contributed by atoms with van der Waals surface area (Å²) in [5.41, 5.74) is 2.78. The SMILES string of the molecule is O=C1CC2CCC(CN1)N2c1ncc(C(=O)NCCCc2cn[nH]c2)cc1C#Cc1ccc(F)cc1. The van der Waals surface area contributed by atoms with Crippen LogP contribution in [0, 0.1) is 17.7 Å². The standard InChI is InChI=1S/C27H27FN6O2/c28-22-7-4-18(5-8-22)3-6-20-12-21(27(36)29-11-1-2-19-14-32-33-15-19)16-31-26(20)34-23-9-10-24(34)17-30-25(35)13-23/h4-5,7-8,12,14-16,23-24H,1-2,9-11,13,17H2,(H,29,36)(H,30,35)(H,32,33). The van der Waals surface area contributed by atoms with Crippen LogP contribution in [-0.2, 0) is 11.2 Å². The summed E-state index contributed by atoms with van der Waals surface area (Å²) in [5.74, 6) is 6.39. The van der Waals surface area contributed by atoms with Gasteiger partial charge in [-0.1, -0.05) is 11.8 Å². The Hall–Kier alpha value is -4.19. The average molecular weight is 487 g/mol. The Bertz CT molecular complexity index is 1300. The Morgan fingerprint density at radius 2 is 2.00 bits per heavy atom. The van der Waals surface area contributed by atoms with Gasteiger partial charge in [0, 0.05) is 49.6 Å². The first kappa shape index (κ1) is 23.5. The first-order chi connectivity index (χ1) is 17.6. The van der Waals surface area contributed by atoms with Crippen molar-refractivity contribution in [3.05, 3.63) is 77.0 Å². The first-order valence-corrected chi connectivity index (χ1v) is 12.2. The van der Waals surface area contributed by atoms with Crippen molar-refractivity contribution in [2.45, 2.75) is 44.2 Å². The van der Waals surface area contributed by atoms with Crippen LogP contribution in [0.15, 0.2) is 48.9 Å². The number of hydrogen-bond donors (Lipinski definition) is 3. The summed E-state index contributed by atoms with van der Waals surface area (Å²) in [5, 5.41) is 12.6. The summed E-state index contributed by atoms with van der Waals surface area (Å²) in [6.07, 6.45) is 9.05. The number of amides is 2. The van der Waals surface area contributed by atoms with Gasteiger partial charge in [0.25, 0.3) is 5.91 Å². The monoisotopic (exact) mass is 486 g/mol. The fourth-order valence-corrected chi connectivity index (χ4v) is 4.79. The van der Waals surface area contributed by atoms with Crippen LogP contribution in [-0.4, -0.2) is 52.2 Å². The normalized spacial score (nSPS) is 18.7. The largest absolute Gasteiger partial charge is 0.354 e. The maximum Gasteiger partial charge on any atom is 0.252 e. The lowest BCUT2D eigenvalue weighted by atomic mass is 10.1. The minimum Gasteiger partial charge on any atom is -0.354 e. The number of anilines is 1. The van der Waals surface area contributed by atoms with Gasteiger partial charge >= 0.3 is 0 Å². The molecule has 2 saturated heterocycles. The van der Waals surface area contributed by atoms with E-state index in [1.165, 1.54) is 12.1 Å². The van der Waals surface area contributed by atoms with Crippen LogP contribution in [0.1, 0.15) is 52.7 Å². The zero-order valence-corrected chi connectivity index (χ0v) is 19.8. The smallest absolute Gasteiger partial charge is 0.252 e. The maximum atomic E-state index is 13.3. The molecular formula is C27H27FN6O2. The summed E-state index contributed by atoms with van der Waals surface area (Å²) in [6.45, 7) is 1.08. The van der Waals surface area contributed by atoms with E-state index in [0.29, 0.717) is 42.0 Å². The Morgan fingerprint density at radius 3 is 2.81 bits per heavy atom. The van der Waals surface area contributed by atoms with Gasteiger partial charge in [-0.3, -0.25) is 14.7 Å². The third-order valence-electron chi connectivity index (χ3n) is 6.62. The molecule has 2 unspecified atom stereocenters. The van der Waals surface area contributed by atoms with E-state index in [2.05, 4.69) is 42.6 Å². The lowest BCUT2D eigenvalue weighted by molar-refractivity contribution is -0.121. The van der Waals surface area contributed by atoms with Crippen LogP contribution in [0.4, 0.5) is 10.2 Å². The molecule has 4 heterocycles. The molecule has 8 nitrogen and oxygen atoms in total. The van der Waals surface area contributed by atoms with Gasteiger partial charge in [-0.15, -0.1) is 0 Å². The van der Waals surface area contributed by atoms with Crippen LogP contribution in [0.5, 0.6) is 0 Å². The Labute approximate surface area is 208 Å². The van der Waals surface area contributed by atoms with Crippen molar-refractivity contribution in [1.82, 2.24) is 25.8 Å². The molecule has 2 aliphatic rings. The number of benzene rings is 1. The quantitative estimate of drug-likeness (QED) is 0.367. The van der Waals surface area contributed by atoms with Crippen molar-refractivity contribution in [3.63, 3.8) is 0 Å². The molecule has 0 radical (unpaired) electrons. The van der Waals surface area contributed by atoms with Crippen LogP contribution >= 0.6 is 0 Å². The molecule has 3 N–H and O–H groups in total. The third kappa shape index (κ3) is 5.38. The number of H-pyrrole nitrogens is 1. The van der Waals surface area contributed by atoms with Crippen LogP contribution in [0.2, 0.25) is 0 Å². The van der Waals surface area contributed by atoms with Gasteiger partial charge in [0.1, 0.15) is 11.6 Å². The van der Waals surface area contributed by atoms with E-state index in [1.807, 2.05) is 6.20 Å². The van der Waals surface area contributed by atoms with E-state index >= 15 is 0 Å². The molecule has 2 amide bonds. The zero-order valence-electron chi connectivity index (χ0n) is 19.8. The molecule has 184 valence electrons. The Kier molecular flexibility index (Phi) is 6.94. The molecule has 2 atom stereocenters. The van der Waals surface area contributed by atoms with Gasteiger partial charge in [0.05, 0.1) is 17.3 Å².